The van der Waals surface area contributed by atoms with Gasteiger partial charge in [0.15, 0.2) is 0 Å². The highest BCUT2D eigenvalue weighted by Crippen LogP contribution is 2.30. The van der Waals surface area contributed by atoms with E-state index in [1.54, 1.807) is 44.5 Å². The van der Waals surface area contributed by atoms with Gasteiger partial charge in [-0.05, 0) is 48.4 Å². The zero-order chi connectivity index (χ0) is 21.7. The smallest absolute Gasteiger partial charge is 0.341 e. The Morgan fingerprint density at radius 2 is 1.87 bits per heavy atom. The molecule has 1 aromatic heterocycles. The summed E-state index contributed by atoms with van der Waals surface area (Å²) in [6.45, 7) is 3.50. The Labute approximate surface area is 178 Å². The number of benzene rings is 2. The van der Waals surface area contributed by atoms with Crippen LogP contribution < -0.4 is 10.1 Å². The van der Waals surface area contributed by atoms with Gasteiger partial charge in [-0.3, -0.25) is 4.79 Å². The quantitative estimate of drug-likeness (QED) is 0.344. The molecule has 0 bridgehead atoms. The summed E-state index contributed by atoms with van der Waals surface area (Å²) in [4.78, 5) is 24.9. The maximum absolute atomic E-state index is 12.7. The number of amides is 1. The van der Waals surface area contributed by atoms with E-state index in [0.29, 0.717) is 16.3 Å². The number of hydrogen-bond donors (Lipinski definition) is 1. The van der Waals surface area contributed by atoms with E-state index in [4.69, 9.17) is 9.47 Å². The molecule has 0 fully saturated rings. The maximum atomic E-state index is 12.7. The van der Waals surface area contributed by atoms with Crippen LogP contribution in [0.5, 0.6) is 5.75 Å². The molecule has 0 aliphatic carbocycles. The molecule has 0 atom stereocenters. The minimum atomic E-state index is -0.599. The Morgan fingerprint density at radius 3 is 2.53 bits per heavy atom. The van der Waals surface area contributed by atoms with E-state index in [1.165, 1.54) is 17.4 Å². The van der Waals surface area contributed by atoms with Crippen LogP contribution in [0.15, 0.2) is 53.4 Å². The normalized spacial score (nSPS) is 11.2. The Kier molecular flexibility index (Phi) is 6.50. The highest BCUT2D eigenvalue weighted by Gasteiger charge is 2.19. The molecule has 0 spiro atoms. The fourth-order valence-electron chi connectivity index (χ4n) is 2.92. The molecular weight excluding hydrogens is 400 g/mol. The molecule has 0 saturated carbocycles. The molecule has 2 aromatic carbocycles. The van der Waals surface area contributed by atoms with Gasteiger partial charge in [0.2, 0.25) is 0 Å². The number of methoxy groups -OCH3 is 1. The van der Waals surface area contributed by atoms with E-state index < -0.39 is 11.9 Å². The Hall–Kier alpha value is -3.63. The van der Waals surface area contributed by atoms with Gasteiger partial charge in [0.1, 0.15) is 22.4 Å². The monoisotopic (exact) mass is 420 g/mol. The standard InChI is InChI=1S/C23H20N2O4S/c1-14(2)29-23(27)19-10-11-30-22(19)25-21(26)16(13-24)12-15-8-9-20(28-3)18-7-5-4-6-17(15)18/h4-12,14H,1-3H3,(H,25,26). The summed E-state index contributed by atoms with van der Waals surface area (Å²) in [7, 11) is 1.59. The second kappa shape index (κ2) is 9.25. The number of nitrogens with zero attached hydrogens (tertiary/aromatic N) is 1. The molecule has 0 radical (unpaired) electrons. The zero-order valence-electron chi connectivity index (χ0n) is 16.8. The number of esters is 1. The van der Waals surface area contributed by atoms with Crippen LogP contribution in [0.1, 0.15) is 29.8 Å². The molecule has 152 valence electrons. The zero-order valence-corrected chi connectivity index (χ0v) is 17.6. The van der Waals surface area contributed by atoms with Gasteiger partial charge in [-0.25, -0.2) is 4.79 Å². The molecule has 30 heavy (non-hydrogen) atoms. The first-order chi connectivity index (χ1) is 14.4. The molecule has 1 heterocycles. The van der Waals surface area contributed by atoms with E-state index in [2.05, 4.69) is 5.32 Å². The van der Waals surface area contributed by atoms with Crippen molar-refractivity contribution in [1.29, 1.82) is 5.26 Å². The number of fused-ring (bicyclic) bond motifs is 1. The van der Waals surface area contributed by atoms with Gasteiger partial charge < -0.3 is 14.8 Å². The van der Waals surface area contributed by atoms with E-state index in [0.717, 1.165) is 10.8 Å². The van der Waals surface area contributed by atoms with Gasteiger partial charge in [0.05, 0.1) is 18.8 Å². The lowest BCUT2D eigenvalue weighted by molar-refractivity contribution is -0.112. The fourth-order valence-corrected chi connectivity index (χ4v) is 3.69. The minimum Gasteiger partial charge on any atom is -0.496 e. The van der Waals surface area contributed by atoms with Gasteiger partial charge in [0, 0.05) is 5.39 Å². The number of ether oxygens (including phenoxy) is 2. The van der Waals surface area contributed by atoms with Crippen LogP contribution in [0.3, 0.4) is 0 Å². The second-order valence-corrected chi connectivity index (χ2v) is 7.56. The predicted molar refractivity (Wildman–Crippen MR) is 118 cm³/mol. The Morgan fingerprint density at radius 1 is 1.13 bits per heavy atom. The number of rotatable bonds is 6. The van der Waals surface area contributed by atoms with Crippen molar-refractivity contribution in [1.82, 2.24) is 0 Å². The van der Waals surface area contributed by atoms with Crippen molar-refractivity contribution >= 4 is 45.1 Å². The van der Waals surface area contributed by atoms with Crippen molar-refractivity contribution in [3.8, 4) is 11.8 Å². The third-order valence-corrected chi connectivity index (χ3v) is 5.09. The lowest BCUT2D eigenvalue weighted by atomic mass is 10.0. The van der Waals surface area contributed by atoms with Crippen molar-refractivity contribution in [3.05, 3.63) is 64.5 Å². The van der Waals surface area contributed by atoms with Crippen molar-refractivity contribution in [3.63, 3.8) is 0 Å². The first-order valence-corrected chi connectivity index (χ1v) is 10.1. The highest BCUT2D eigenvalue weighted by atomic mass is 32.1. The molecule has 7 heteroatoms. The molecule has 0 saturated heterocycles. The van der Waals surface area contributed by atoms with Crippen molar-refractivity contribution in [2.45, 2.75) is 20.0 Å². The van der Waals surface area contributed by atoms with Crippen LogP contribution in [-0.4, -0.2) is 25.1 Å². The summed E-state index contributed by atoms with van der Waals surface area (Å²) < 4.78 is 10.6. The van der Waals surface area contributed by atoms with Gasteiger partial charge in [-0.15, -0.1) is 11.3 Å². The van der Waals surface area contributed by atoms with E-state index in [1.807, 2.05) is 30.3 Å². The summed E-state index contributed by atoms with van der Waals surface area (Å²) in [6.07, 6.45) is 1.25. The number of nitriles is 1. The van der Waals surface area contributed by atoms with Gasteiger partial charge in [-0.2, -0.15) is 5.26 Å². The van der Waals surface area contributed by atoms with E-state index >= 15 is 0 Å². The number of anilines is 1. The van der Waals surface area contributed by atoms with Crippen molar-refractivity contribution in [2.75, 3.05) is 12.4 Å². The third kappa shape index (κ3) is 4.50. The van der Waals surface area contributed by atoms with Crippen LogP contribution in [0.2, 0.25) is 0 Å². The van der Waals surface area contributed by atoms with Crippen LogP contribution in [0, 0.1) is 11.3 Å². The summed E-state index contributed by atoms with van der Waals surface area (Å²) in [5.74, 6) is -0.416. The van der Waals surface area contributed by atoms with E-state index in [-0.39, 0.29) is 17.2 Å². The first kappa shape index (κ1) is 21.1. The molecule has 0 aliphatic heterocycles. The summed E-state index contributed by atoms with van der Waals surface area (Å²) in [6, 6.07) is 14.7. The molecule has 0 aliphatic rings. The molecule has 6 nitrogen and oxygen atoms in total. The average Bonchev–Trinajstić information content (AvgIpc) is 3.19. The molecular formula is C23H20N2O4S. The van der Waals surface area contributed by atoms with Gasteiger partial charge in [-0.1, -0.05) is 30.3 Å². The Bertz CT molecular complexity index is 1170. The SMILES string of the molecule is COc1ccc(C=C(C#N)C(=O)Nc2sccc2C(=O)OC(C)C)c2ccccc12. The largest absolute Gasteiger partial charge is 0.496 e. The number of carbonyl (C=O) groups excluding carboxylic acids is 2. The second-order valence-electron chi connectivity index (χ2n) is 6.64. The average molecular weight is 420 g/mol. The van der Waals surface area contributed by atoms with Crippen molar-refractivity contribution in [2.24, 2.45) is 0 Å². The summed E-state index contributed by atoms with van der Waals surface area (Å²) >= 11 is 1.19. The topological polar surface area (TPSA) is 88.4 Å². The van der Waals surface area contributed by atoms with Crippen LogP contribution in [-0.2, 0) is 9.53 Å². The summed E-state index contributed by atoms with van der Waals surface area (Å²) in [5.41, 5.74) is 0.889. The fraction of sp³-hybridized carbons (Fsp3) is 0.174. The highest BCUT2D eigenvalue weighted by molar-refractivity contribution is 7.14. The molecule has 3 rings (SSSR count). The van der Waals surface area contributed by atoms with Crippen molar-refractivity contribution < 1.29 is 19.1 Å². The molecule has 1 N–H and O–H groups in total. The maximum Gasteiger partial charge on any atom is 0.341 e. The first-order valence-electron chi connectivity index (χ1n) is 9.22. The van der Waals surface area contributed by atoms with E-state index in [9.17, 15) is 14.9 Å². The van der Waals surface area contributed by atoms with Crippen LogP contribution in [0.25, 0.3) is 16.8 Å². The number of thiophene rings is 1. The van der Waals surface area contributed by atoms with Gasteiger partial charge in [0.25, 0.3) is 5.91 Å². The lowest BCUT2D eigenvalue weighted by Crippen LogP contribution is -2.17. The third-order valence-electron chi connectivity index (χ3n) is 4.26. The molecule has 0 unspecified atom stereocenters. The minimum absolute atomic E-state index is 0.0816. The number of carbonyl (C=O) groups is 2. The van der Waals surface area contributed by atoms with Crippen LogP contribution in [0.4, 0.5) is 5.00 Å². The van der Waals surface area contributed by atoms with Crippen LogP contribution >= 0.6 is 11.3 Å². The lowest BCUT2D eigenvalue weighted by Gasteiger charge is -2.10. The molecule has 3 aromatic rings. The summed E-state index contributed by atoms with van der Waals surface area (Å²) in [5, 5.41) is 16.0. The number of hydrogen-bond acceptors (Lipinski definition) is 6. The Balaban J connectivity index is 1.91. The molecule has 1 amide bonds. The van der Waals surface area contributed by atoms with Gasteiger partial charge >= 0.3 is 5.97 Å². The number of nitrogens with one attached hydrogen (secondary N) is 1. The predicted octanol–water partition coefficient (Wildman–Crippen LogP) is 5.02.